The maximum atomic E-state index is 14.3. The van der Waals surface area contributed by atoms with Gasteiger partial charge in [0.15, 0.2) is 0 Å². The summed E-state index contributed by atoms with van der Waals surface area (Å²) in [6, 6.07) is 21.2. The average molecular weight is 407 g/mol. The number of ether oxygens (including phenoxy) is 1. The van der Waals surface area contributed by atoms with Gasteiger partial charge >= 0.3 is 6.09 Å². The lowest BCUT2D eigenvalue weighted by atomic mass is 10.0. The largest absolute Gasteiger partial charge is 0.445 e. The topological polar surface area (TPSA) is 86.5 Å². The van der Waals surface area contributed by atoms with Crippen LogP contribution in [0.5, 0.6) is 0 Å². The number of hydrogen-bond acceptors (Lipinski definition) is 4. The van der Waals surface area contributed by atoms with Crippen molar-refractivity contribution in [3.05, 3.63) is 95.1 Å². The van der Waals surface area contributed by atoms with Gasteiger partial charge in [0, 0.05) is 16.2 Å². The highest BCUT2D eigenvalue weighted by Crippen LogP contribution is 2.47. The van der Waals surface area contributed by atoms with E-state index in [1.165, 1.54) is 0 Å². The number of rotatable bonds is 6. The molecule has 0 radical (unpaired) electrons. The Bertz CT molecular complexity index is 1030. The maximum Gasteiger partial charge on any atom is 0.404 e. The van der Waals surface area contributed by atoms with Crippen LogP contribution in [0.25, 0.3) is 0 Å². The van der Waals surface area contributed by atoms with Gasteiger partial charge in [0.25, 0.3) is 0 Å². The van der Waals surface area contributed by atoms with Crippen LogP contribution in [-0.2, 0) is 15.9 Å². The summed E-state index contributed by atoms with van der Waals surface area (Å²) in [6.45, 7) is 3.59. The van der Waals surface area contributed by atoms with Crippen molar-refractivity contribution in [3.63, 3.8) is 0 Å². The second-order valence-corrected chi connectivity index (χ2v) is 9.46. The monoisotopic (exact) mass is 407 g/mol. The lowest BCUT2D eigenvalue weighted by Gasteiger charge is -2.21. The van der Waals surface area contributed by atoms with Crippen molar-refractivity contribution < 1.29 is 18.9 Å². The van der Waals surface area contributed by atoms with Crippen LogP contribution >= 0.6 is 7.14 Å². The van der Waals surface area contributed by atoms with E-state index >= 15 is 0 Å². The maximum absolute atomic E-state index is 14.3. The van der Waals surface area contributed by atoms with Crippen LogP contribution in [0.3, 0.4) is 0 Å². The second-order valence-electron chi connectivity index (χ2n) is 6.80. The van der Waals surface area contributed by atoms with E-state index in [9.17, 15) is 14.2 Å². The molecule has 5 nitrogen and oxygen atoms in total. The Morgan fingerprint density at radius 1 is 0.862 bits per heavy atom. The molecule has 0 saturated carbocycles. The lowest BCUT2D eigenvalue weighted by Crippen LogP contribution is -2.23. The summed E-state index contributed by atoms with van der Waals surface area (Å²) in [7, 11) is -3.58. The molecule has 0 fully saturated rings. The SMILES string of the molecule is Cc1cc(COC(N)=O)cc(C)c1C(=O)P(=O)(c1ccccc1)c1ccccc1. The molecule has 0 aliphatic carbocycles. The van der Waals surface area contributed by atoms with Crippen LogP contribution in [0, 0.1) is 13.8 Å². The van der Waals surface area contributed by atoms with Gasteiger partial charge in [0.1, 0.15) is 6.61 Å². The van der Waals surface area contributed by atoms with E-state index in [0.29, 0.717) is 32.9 Å². The molecule has 0 atom stereocenters. The highest BCUT2D eigenvalue weighted by atomic mass is 31.2. The minimum atomic E-state index is -3.58. The van der Waals surface area contributed by atoms with Crippen molar-refractivity contribution in [2.24, 2.45) is 5.73 Å². The third kappa shape index (κ3) is 4.15. The van der Waals surface area contributed by atoms with Gasteiger partial charge in [-0.3, -0.25) is 4.79 Å². The Kier molecular flexibility index (Phi) is 6.00. The predicted octanol–water partition coefficient (Wildman–Crippen LogP) is 4.05. The van der Waals surface area contributed by atoms with E-state index < -0.39 is 18.8 Å². The van der Waals surface area contributed by atoms with Gasteiger partial charge in [-0.15, -0.1) is 0 Å². The van der Waals surface area contributed by atoms with Gasteiger partial charge in [-0.05, 0) is 30.5 Å². The Balaban J connectivity index is 2.13. The summed E-state index contributed by atoms with van der Waals surface area (Å²) < 4.78 is 19.1. The molecule has 0 unspecified atom stereocenters. The van der Waals surface area contributed by atoms with Crippen molar-refractivity contribution in [1.29, 1.82) is 0 Å². The van der Waals surface area contributed by atoms with Gasteiger partial charge in [-0.2, -0.15) is 0 Å². The Morgan fingerprint density at radius 3 is 1.72 bits per heavy atom. The first-order valence-corrected chi connectivity index (χ1v) is 10.8. The summed E-state index contributed by atoms with van der Waals surface area (Å²) in [4.78, 5) is 24.6. The molecule has 29 heavy (non-hydrogen) atoms. The lowest BCUT2D eigenvalue weighted by molar-refractivity contribution is 0.107. The van der Waals surface area contributed by atoms with Crippen LogP contribution in [0.2, 0.25) is 0 Å². The fourth-order valence-corrected chi connectivity index (χ4v) is 6.06. The second kappa shape index (κ2) is 8.46. The molecule has 1 amide bonds. The Morgan fingerprint density at radius 2 is 1.31 bits per heavy atom. The number of carbonyl (C=O) groups is 2. The van der Waals surface area contributed by atoms with Crippen molar-refractivity contribution in [2.75, 3.05) is 0 Å². The van der Waals surface area contributed by atoms with Gasteiger partial charge in [0.05, 0.1) is 0 Å². The van der Waals surface area contributed by atoms with E-state index in [2.05, 4.69) is 0 Å². The summed E-state index contributed by atoms with van der Waals surface area (Å²) in [5.41, 5.74) is 7.09. The number of benzene rings is 3. The van der Waals surface area contributed by atoms with Gasteiger partial charge in [-0.1, -0.05) is 72.8 Å². The first-order chi connectivity index (χ1) is 13.8. The summed E-state index contributed by atoms with van der Waals surface area (Å²) >= 11 is 0. The van der Waals surface area contributed by atoms with Crippen LogP contribution < -0.4 is 16.3 Å². The summed E-state index contributed by atoms with van der Waals surface area (Å²) in [5, 5.41) is 0.993. The third-order valence-electron chi connectivity index (χ3n) is 4.71. The van der Waals surface area contributed by atoms with Crippen molar-refractivity contribution in [2.45, 2.75) is 20.5 Å². The molecule has 0 aliphatic heterocycles. The van der Waals surface area contributed by atoms with Gasteiger partial charge in [0.2, 0.25) is 12.7 Å². The number of primary amides is 1. The van der Waals surface area contributed by atoms with E-state index in [1.54, 1.807) is 74.5 Å². The molecule has 0 heterocycles. The molecule has 0 bridgehead atoms. The molecule has 0 spiro atoms. The zero-order valence-electron chi connectivity index (χ0n) is 16.3. The summed E-state index contributed by atoms with van der Waals surface area (Å²) in [6.07, 6.45) is -0.863. The first kappa shape index (κ1) is 20.6. The molecule has 3 rings (SSSR count). The van der Waals surface area contributed by atoms with Crippen LogP contribution in [0.4, 0.5) is 4.79 Å². The average Bonchev–Trinajstić information content (AvgIpc) is 2.72. The molecule has 148 valence electrons. The minimum Gasteiger partial charge on any atom is -0.445 e. The predicted molar refractivity (Wildman–Crippen MR) is 114 cm³/mol. The number of hydrogen-bond donors (Lipinski definition) is 1. The number of nitrogens with two attached hydrogens (primary N) is 1. The molecule has 0 aliphatic rings. The van der Waals surface area contributed by atoms with Crippen molar-refractivity contribution >= 4 is 29.4 Å². The first-order valence-electron chi connectivity index (χ1n) is 9.12. The number of amides is 1. The highest BCUT2D eigenvalue weighted by molar-refractivity contribution is 7.93. The molecule has 0 aromatic heterocycles. The molecule has 3 aromatic carbocycles. The van der Waals surface area contributed by atoms with E-state index in [1.807, 2.05) is 12.1 Å². The summed E-state index contributed by atoms with van der Waals surface area (Å²) in [5.74, 6) is 0. The van der Waals surface area contributed by atoms with E-state index in [-0.39, 0.29) is 6.61 Å². The number of carbonyl (C=O) groups excluding carboxylic acids is 2. The minimum absolute atomic E-state index is 0.0144. The highest BCUT2D eigenvalue weighted by Gasteiger charge is 2.37. The zero-order chi connectivity index (χ0) is 21.0. The van der Waals surface area contributed by atoms with Crippen molar-refractivity contribution in [3.8, 4) is 0 Å². The molecule has 6 heteroatoms. The smallest absolute Gasteiger partial charge is 0.404 e. The van der Waals surface area contributed by atoms with Crippen LogP contribution in [0.1, 0.15) is 27.0 Å². The standard InChI is InChI=1S/C23H22NO4P/c1-16-13-18(15-28-23(24)26)14-17(2)21(16)22(25)29(27,19-9-5-3-6-10-19)20-11-7-4-8-12-20/h3-14H,15H2,1-2H3,(H2,24,26). The fourth-order valence-electron chi connectivity index (χ4n) is 3.45. The quantitative estimate of drug-likeness (QED) is 0.625. The van der Waals surface area contributed by atoms with Gasteiger partial charge < -0.3 is 15.0 Å². The van der Waals surface area contributed by atoms with Crippen molar-refractivity contribution in [1.82, 2.24) is 0 Å². The molecular formula is C23H22NO4P. The van der Waals surface area contributed by atoms with Gasteiger partial charge in [-0.25, -0.2) is 4.79 Å². The molecule has 3 aromatic rings. The van der Waals surface area contributed by atoms with E-state index in [4.69, 9.17) is 10.5 Å². The zero-order valence-corrected chi connectivity index (χ0v) is 17.2. The van der Waals surface area contributed by atoms with Crippen LogP contribution in [0.15, 0.2) is 72.8 Å². The fraction of sp³-hybridized carbons (Fsp3) is 0.130. The third-order valence-corrected chi connectivity index (χ3v) is 7.56. The molecule has 2 N–H and O–H groups in total. The Labute approximate surface area is 169 Å². The van der Waals surface area contributed by atoms with Crippen LogP contribution in [-0.4, -0.2) is 11.6 Å². The molecule has 0 saturated heterocycles. The Hall–Kier alpha value is -3.17. The molecular weight excluding hydrogens is 385 g/mol. The normalized spacial score (nSPS) is 11.1. The van der Waals surface area contributed by atoms with E-state index in [0.717, 1.165) is 0 Å². The number of aryl methyl sites for hydroxylation is 2.